The molecule has 0 aliphatic carbocycles. The topological polar surface area (TPSA) is 41.8 Å². The van der Waals surface area contributed by atoms with Crippen LogP contribution in [0.1, 0.15) is 18.1 Å². The molecular formula is C18H20N2. The fourth-order valence-electron chi connectivity index (χ4n) is 2.65. The van der Waals surface area contributed by atoms with E-state index in [1.807, 2.05) is 0 Å². The number of rotatable bonds is 4. The van der Waals surface area contributed by atoms with E-state index in [0.717, 1.165) is 12.8 Å². The molecule has 0 atom stereocenters. The molecule has 1 aromatic heterocycles. The summed E-state index contributed by atoms with van der Waals surface area (Å²) in [6.45, 7) is 2.86. The van der Waals surface area contributed by atoms with Crippen molar-refractivity contribution in [3.05, 3.63) is 59.8 Å². The van der Waals surface area contributed by atoms with Gasteiger partial charge in [0.05, 0.1) is 0 Å². The highest BCUT2D eigenvalue weighted by molar-refractivity contribution is 5.88. The van der Waals surface area contributed by atoms with Gasteiger partial charge in [0.15, 0.2) is 0 Å². The van der Waals surface area contributed by atoms with Crippen molar-refractivity contribution in [3.8, 4) is 11.1 Å². The summed E-state index contributed by atoms with van der Waals surface area (Å²) in [7, 11) is 0. The van der Waals surface area contributed by atoms with Crippen molar-refractivity contribution in [2.24, 2.45) is 5.73 Å². The summed E-state index contributed by atoms with van der Waals surface area (Å²) in [6.07, 6.45) is 4.07. The van der Waals surface area contributed by atoms with Crippen LogP contribution in [0.5, 0.6) is 0 Å². The Balaban J connectivity index is 2.04. The van der Waals surface area contributed by atoms with Gasteiger partial charge in [0.2, 0.25) is 0 Å². The van der Waals surface area contributed by atoms with Crippen molar-refractivity contribution in [2.75, 3.05) is 6.54 Å². The first-order valence-corrected chi connectivity index (χ1v) is 7.21. The zero-order valence-electron chi connectivity index (χ0n) is 11.8. The first-order chi connectivity index (χ1) is 9.81. The number of benzene rings is 2. The van der Waals surface area contributed by atoms with Gasteiger partial charge in [-0.25, -0.2) is 0 Å². The number of hydrogen-bond acceptors (Lipinski definition) is 1. The molecule has 3 rings (SSSR count). The van der Waals surface area contributed by atoms with Gasteiger partial charge in [-0.1, -0.05) is 37.3 Å². The molecule has 0 amide bonds. The van der Waals surface area contributed by atoms with Crippen LogP contribution in [0, 0.1) is 0 Å². The number of H-pyrrole nitrogens is 1. The molecule has 3 N–H and O–H groups in total. The van der Waals surface area contributed by atoms with Crippen molar-refractivity contribution in [2.45, 2.75) is 19.8 Å². The molecule has 2 nitrogen and oxygen atoms in total. The summed E-state index contributed by atoms with van der Waals surface area (Å²) < 4.78 is 0. The van der Waals surface area contributed by atoms with Crippen LogP contribution in [-0.2, 0) is 12.8 Å². The minimum absolute atomic E-state index is 0.683. The summed E-state index contributed by atoms with van der Waals surface area (Å²) in [5, 5.41) is 1.28. The van der Waals surface area contributed by atoms with Gasteiger partial charge >= 0.3 is 0 Å². The fourth-order valence-corrected chi connectivity index (χ4v) is 2.65. The first-order valence-electron chi connectivity index (χ1n) is 7.21. The molecule has 0 saturated carbocycles. The Morgan fingerprint density at radius 3 is 2.45 bits per heavy atom. The molecule has 2 heteroatoms. The van der Waals surface area contributed by atoms with Crippen LogP contribution in [0.15, 0.2) is 48.7 Å². The minimum atomic E-state index is 0.683. The van der Waals surface area contributed by atoms with E-state index in [-0.39, 0.29) is 0 Å². The van der Waals surface area contributed by atoms with Crippen molar-refractivity contribution in [1.82, 2.24) is 4.98 Å². The summed E-state index contributed by atoms with van der Waals surface area (Å²) >= 11 is 0. The second kappa shape index (κ2) is 5.51. The zero-order chi connectivity index (χ0) is 13.9. The smallest absolute Gasteiger partial charge is 0.0457 e. The average molecular weight is 264 g/mol. The summed E-state index contributed by atoms with van der Waals surface area (Å²) in [4.78, 5) is 3.31. The minimum Gasteiger partial charge on any atom is -0.361 e. The Kier molecular flexibility index (Phi) is 3.57. The van der Waals surface area contributed by atoms with Crippen LogP contribution >= 0.6 is 0 Å². The van der Waals surface area contributed by atoms with Gasteiger partial charge in [-0.2, -0.15) is 0 Å². The first kappa shape index (κ1) is 12.9. The van der Waals surface area contributed by atoms with Crippen molar-refractivity contribution < 1.29 is 0 Å². The van der Waals surface area contributed by atoms with Crippen LogP contribution in [-0.4, -0.2) is 11.5 Å². The third kappa shape index (κ3) is 2.35. The lowest BCUT2D eigenvalue weighted by molar-refractivity contribution is 0.976. The third-order valence-electron chi connectivity index (χ3n) is 3.88. The SMILES string of the molecule is CCc1ccc(-c2ccc3[nH]cc(CCN)c3c2)cc1. The molecule has 2 aromatic carbocycles. The van der Waals surface area contributed by atoms with E-state index in [1.54, 1.807) is 0 Å². The maximum Gasteiger partial charge on any atom is 0.0457 e. The van der Waals surface area contributed by atoms with Crippen molar-refractivity contribution in [1.29, 1.82) is 0 Å². The fraction of sp³-hybridized carbons (Fsp3) is 0.222. The molecular weight excluding hydrogens is 244 g/mol. The lowest BCUT2D eigenvalue weighted by Crippen LogP contribution is -2.01. The molecule has 0 spiro atoms. The number of nitrogens with two attached hydrogens (primary N) is 1. The van der Waals surface area contributed by atoms with E-state index < -0.39 is 0 Å². The highest BCUT2D eigenvalue weighted by Gasteiger charge is 2.05. The van der Waals surface area contributed by atoms with Crippen LogP contribution in [0.4, 0.5) is 0 Å². The lowest BCUT2D eigenvalue weighted by Gasteiger charge is -2.05. The third-order valence-corrected chi connectivity index (χ3v) is 3.88. The van der Waals surface area contributed by atoms with E-state index in [9.17, 15) is 0 Å². The molecule has 0 bridgehead atoms. The zero-order valence-corrected chi connectivity index (χ0v) is 11.8. The molecule has 3 aromatic rings. The Hall–Kier alpha value is -2.06. The van der Waals surface area contributed by atoms with Gasteiger partial charge in [-0.3, -0.25) is 0 Å². The molecule has 20 heavy (non-hydrogen) atoms. The van der Waals surface area contributed by atoms with Gasteiger partial charge in [0.25, 0.3) is 0 Å². The van der Waals surface area contributed by atoms with Crippen LogP contribution < -0.4 is 5.73 Å². The number of nitrogens with one attached hydrogen (secondary N) is 1. The largest absolute Gasteiger partial charge is 0.361 e. The van der Waals surface area contributed by atoms with E-state index in [1.165, 1.54) is 33.2 Å². The molecule has 0 unspecified atom stereocenters. The van der Waals surface area contributed by atoms with E-state index in [2.05, 4.69) is 60.6 Å². The van der Waals surface area contributed by atoms with E-state index in [0.29, 0.717) is 6.54 Å². The van der Waals surface area contributed by atoms with Gasteiger partial charge in [0.1, 0.15) is 0 Å². The number of aryl methyl sites for hydroxylation is 1. The average Bonchev–Trinajstić information content (AvgIpc) is 2.90. The Morgan fingerprint density at radius 1 is 1.00 bits per heavy atom. The van der Waals surface area contributed by atoms with Gasteiger partial charge in [-0.05, 0) is 53.8 Å². The molecule has 0 fully saturated rings. The van der Waals surface area contributed by atoms with E-state index >= 15 is 0 Å². The maximum atomic E-state index is 5.68. The molecule has 0 aliphatic heterocycles. The number of aromatic amines is 1. The summed E-state index contributed by atoms with van der Waals surface area (Å²) in [6, 6.07) is 15.4. The molecule has 1 heterocycles. The number of fused-ring (bicyclic) bond motifs is 1. The van der Waals surface area contributed by atoms with Crippen LogP contribution in [0.25, 0.3) is 22.0 Å². The summed E-state index contributed by atoms with van der Waals surface area (Å²) in [5.74, 6) is 0. The molecule has 102 valence electrons. The summed E-state index contributed by atoms with van der Waals surface area (Å²) in [5.41, 5.74) is 12.1. The molecule has 0 saturated heterocycles. The Morgan fingerprint density at radius 2 is 1.75 bits per heavy atom. The van der Waals surface area contributed by atoms with Crippen LogP contribution in [0.3, 0.4) is 0 Å². The van der Waals surface area contributed by atoms with E-state index in [4.69, 9.17) is 5.73 Å². The number of aromatic nitrogens is 1. The molecule has 0 radical (unpaired) electrons. The lowest BCUT2D eigenvalue weighted by atomic mass is 10.0. The normalized spacial score (nSPS) is 11.1. The second-order valence-electron chi connectivity index (χ2n) is 5.16. The highest BCUT2D eigenvalue weighted by atomic mass is 14.7. The standard InChI is InChI=1S/C18H20N2/c1-2-13-3-5-14(6-4-13)15-7-8-18-17(11-15)16(9-10-19)12-20-18/h3-8,11-12,20H,2,9-10,19H2,1H3. The molecule has 0 aliphatic rings. The van der Waals surface area contributed by atoms with Gasteiger partial charge in [-0.15, -0.1) is 0 Å². The Bertz CT molecular complexity index is 708. The van der Waals surface area contributed by atoms with Crippen molar-refractivity contribution >= 4 is 10.9 Å². The second-order valence-corrected chi connectivity index (χ2v) is 5.16. The number of hydrogen-bond donors (Lipinski definition) is 2. The highest BCUT2D eigenvalue weighted by Crippen LogP contribution is 2.26. The quantitative estimate of drug-likeness (QED) is 0.737. The van der Waals surface area contributed by atoms with Crippen molar-refractivity contribution in [3.63, 3.8) is 0 Å². The predicted molar refractivity (Wildman–Crippen MR) is 85.9 cm³/mol. The van der Waals surface area contributed by atoms with Crippen LogP contribution in [0.2, 0.25) is 0 Å². The van der Waals surface area contributed by atoms with Gasteiger partial charge < -0.3 is 10.7 Å². The Labute approximate surface area is 119 Å². The monoisotopic (exact) mass is 264 g/mol. The predicted octanol–water partition coefficient (Wildman–Crippen LogP) is 3.90. The maximum absolute atomic E-state index is 5.68. The van der Waals surface area contributed by atoms with Gasteiger partial charge in [0, 0.05) is 17.1 Å².